The van der Waals surface area contributed by atoms with Crippen LogP contribution in [0.15, 0.2) is 18.7 Å². The molecule has 7 heteroatoms. The second-order valence-corrected chi connectivity index (χ2v) is 6.09. The number of nitrogens with zero attached hydrogens (tertiary/aromatic N) is 2. The highest BCUT2D eigenvalue weighted by Gasteiger charge is 2.30. The van der Waals surface area contributed by atoms with Crippen molar-refractivity contribution in [2.24, 2.45) is 0 Å². The first kappa shape index (κ1) is 16.0. The molecule has 0 amide bonds. The van der Waals surface area contributed by atoms with E-state index in [1.54, 1.807) is 12.4 Å². The average molecular weight is 268 g/mol. The molecule has 0 saturated heterocycles. The fourth-order valence-electron chi connectivity index (χ4n) is 0.936. The summed E-state index contributed by atoms with van der Waals surface area (Å²) in [5, 5.41) is 0. The van der Waals surface area contributed by atoms with Crippen molar-refractivity contribution in [1.82, 2.24) is 9.97 Å². The van der Waals surface area contributed by atoms with Gasteiger partial charge in [0.05, 0.1) is 11.2 Å². The Balaban J connectivity index is 2.68. The normalized spacial score (nSPS) is 12.5. The Bertz CT molecular complexity index is 358. The molecule has 1 rings (SSSR count). The summed E-state index contributed by atoms with van der Waals surface area (Å²) < 4.78 is 0. The predicted molar refractivity (Wildman–Crippen MR) is 71.3 cm³/mol. The van der Waals surface area contributed by atoms with Crippen LogP contribution in [0.3, 0.4) is 0 Å². The molecule has 6 nitrogen and oxygen atoms in total. The Morgan fingerprint density at radius 1 is 0.842 bits per heavy atom. The van der Waals surface area contributed by atoms with Crippen molar-refractivity contribution in [3.63, 3.8) is 0 Å². The van der Waals surface area contributed by atoms with Gasteiger partial charge < -0.3 is 0 Å². The van der Waals surface area contributed by atoms with Crippen LogP contribution in [-0.2, 0) is 19.4 Å². The molecule has 106 valence electrons. The molecule has 0 unspecified atom stereocenters. The Kier molecular flexibility index (Phi) is 5.43. The zero-order valence-electron chi connectivity index (χ0n) is 12.3. The summed E-state index contributed by atoms with van der Waals surface area (Å²) in [6.45, 7) is 11.2. The van der Waals surface area contributed by atoms with Gasteiger partial charge in [0, 0.05) is 17.9 Å². The van der Waals surface area contributed by atoms with Crippen LogP contribution >= 0.6 is 0 Å². The van der Waals surface area contributed by atoms with Crippen molar-refractivity contribution < 1.29 is 19.4 Å². The first-order valence-corrected chi connectivity index (χ1v) is 6.11. The third-order valence-electron chi connectivity index (χ3n) is 1.62. The maximum Gasteiger partial charge on any atom is 0.558 e. The smallest absolute Gasteiger partial charge is 0.255 e. The molecule has 0 aromatic carbocycles. The lowest BCUT2D eigenvalue weighted by molar-refractivity contribution is -0.337. The molecule has 0 radical (unpaired) electrons. The average Bonchev–Trinajstić information content (AvgIpc) is 2.27. The molecule has 1 heterocycles. The summed E-state index contributed by atoms with van der Waals surface area (Å²) in [5.74, 6) is 0. The molecule has 0 spiro atoms. The van der Waals surface area contributed by atoms with Crippen LogP contribution in [0.1, 0.15) is 41.5 Å². The van der Waals surface area contributed by atoms with Gasteiger partial charge in [-0.2, -0.15) is 0 Å². The molecule has 0 fully saturated rings. The van der Waals surface area contributed by atoms with E-state index in [0.717, 1.165) is 0 Å². The fraction of sp³-hybridized carbons (Fsp3) is 0.667. The number of hydrogen-bond donors (Lipinski definition) is 0. The summed E-state index contributed by atoms with van der Waals surface area (Å²) >= 11 is 0. The quantitative estimate of drug-likeness (QED) is 0.460. The van der Waals surface area contributed by atoms with E-state index in [9.17, 15) is 0 Å². The summed E-state index contributed by atoms with van der Waals surface area (Å²) in [6.07, 6.45) is 4.58. The molecule has 0 aliphatic rings. The largest absolute Gasteiger partial charge is 0.558 e. The van der Waals surface area contributed by atoms with Gasteiger partial charge in [-0.1, -0.05) is 0 Å². The molecule has 0 atom stereocenters. The highest BCUT2D eigenvalue weighted by atomic mass is 17.3. The molecule has 0 aliphatic heterocycles. The van der Waals surface area contributed by atoms with Crippen LogP contribution in [0.2, 0.25) is 0 Å². The van der Waals surface area contributed by atoms with Crippen LogP contribution in [0.25, 0.3) is 0 Å². The molecule has 19 heavy (non-hydrogen) atoms. The van der Waals surface area contributed by atoms with E-state index in [1.807, 2.05) is 41.5 Å². The highest BCUT2D eigenvalue weighted by molar-refractivity contribution is 6.60. The molecule has 0 bridgehead atoms. The second-order valence-electron chi connectivity index (χ2n) is 6.09. The van der Waals surface area contributed by atoms with Crippen molar-refractivity contribution >= 4 is 12.6 Å². The van der Waals surface area contributed by atoms with Crippen molar-refractivity contribution in [3.8, 4) is 0 Å². The zero-order valence-corrected chi connectivity index (χ0v) is 12.3. The summed E-state index contributed by atoms with van der Waals surface area (Å²) in [7, 11) is -0.848. The van der Waals surface area contributed by atoms with Gasteiger partial charge in [-0.15, -0.1) is 0 Å². The lowest BCUT2D eigenvalue weighted by Crippen LogP contribution is -2.41. The third-order valence-corrected chi connectivity index (χ3v) is 1.62. The zero-order chi connectivity index (χ0) is 14.5. The van der Waals surface area contributed by atoms with Gasteiger partial charge in [0.2, 0.25) is 0 Å². The minimum atomic E-state index is -0.848. The molecular formula is C12H21BN2O4. The Labute approximate surface area is 114 Å². The molecule has 0 aliphatic carbocycles. The van der Waals surface area contributed by atoms with Crippen LogP contribution in [0, 0.1) is 0 Å². The number of rotatable bonds is 5. The first-order chi connectivity index (χ1) is 8.67. The first-order valence-electron chi connectivity index (χ1n) is 6.11. The van der Waals surface area contributed by atoms with Crippen LogP contribution in [-0.4, -0.2) is 28.3 Å². The van der Waals surface area contributed by atoms with Crippen molar-refractivity contribution in [1.29, 1.82) is 0 Å². The Hall–Kier alpha value is -1.02. The molecular weight excluding hydrogens is 247 g/mol. The number of hydrogen-bond acceptors (Lipinski definition) is 6. The van der Waals surface area contributed by atoms with Gasteiger partial charge in [-0.25, -0.2) is 19.7 Å². The van der Waals surface area contributed by atoms with Gasteiger partial charge >= 0.3 is 7.12 Å². The van der Waals surface area contributed by atoms with Gasteiger partial charge in [0.1, 0.15) is 6.33 Å². The third kappa shape index (κ3) is 7.22. The maximum atomic E-state index is 5.26. The summed E-state index contributed by atoms with van der Waals surface area (Å²) in [5.41, 5.74) is -0.311. The van der Waals surface area contributed by atoms with E-state index < -0.39 is 18.3 Å². The van der Waals surface area contributed by atoms with Gasteiger partial charge in [0.25, 0.3) is 0 Å². The van der Waals surface area contributed by atoms with Crippen LogP contribution in [0.4, 0.5) is 0 Å². The lowest BCUT2D eigenvalue weighted by Gasteiger charge is -2.23. The molecule has 1 aromatic rings. The standard InChI is InChI=1S/C12H21BN2O4/c1-11(2,3)16-18-13(19-17-12(4,5)6)10-7-14-9-15-8-10/h7-9H,1-6H3. The van der Waals surface area contributed by atoms with Gasteiger partial charge in [-0.05, 0) is 41.5 Å². The minimum absolute atomic E-state index is 0.459. The fourth-order valence-corrected chi connectivity index (χ4v) is 0.936. The Morgan fingerprint density at radius 3 is 1.63 bits per heavy atom. The molecule has 1 aromatic heterocycles. The van der Waals surface area contributed by atoms with Gasteiger partial charge in [-0.3, -0.25) is 9.61 Å². The van der Waals surface area contributed by atoms with E-state index in [-0.39, 0.29) is 0 Å². The van der Waals surface area contributed by atoms with E-state index in [0.29, 0.717) is 5.46 Å². The monoisotopic (exact) mass is 268 g/mol. The van der Waals surface area contributed by atoms with Crippen molar-refractivity contribution in [2.45, 2.75) is 52.7 Å². The van der Waals surface area contributed by atoms with Crippen LogP contribution in [0.5, 0.6) is 0 Å². The molecule has 0 saturated carbocycles. The lowest BCUT2D eigenvalue weighted by atomic mass is 9.82. The van der Waals surface area contributed by atoms with E-state index in [4.69, 9.17) is 19.4 Å². The van der Waals surface area contributed by atoms with Crippen LogP contribution < -0.4 is 5.46 Å². The predicted octanol–water partition coefficient (Wildman–Crippen LogP) is 1.67. The summed E-state index contributed by atoms with van der Waals surface area (Å²) in [4.78, 5) is 28.8. The summed E-state index contributed by atoms with van der Waals surface area (Å²) in [6, 6.07) is 0. The maximum absolute atomic E-state index is 5.26. The van der Waals surface area contributed by atoms with E-state index >= 15 is 0 Å². The molecule has 0 N–H and O–H groups in total. The van der Waals surface area contributed by atoms with E-state index in [2.05, 4.69) is 9.97 Å². The minimum Gasteiger partial charge on any atom is -0.255 e. The van der Waals surface area contributed by atoms with Gasteiger partial charge in [0.15, 0.2) is 0 Å². The second kappa shape index (κ2) is 6.43. The van der Waals surface area contributed by atoms with Crippen molar-refractivity contribution in [3.05, 3.63) is 18.7 Å². The topological polar surface area (TPSA) is 62.7 Å². The highest BCUT2D eigenvalue weighted by Crippen LogP contribution is 2.11. The van der Waals surface area contributed by atoms with Crippen molar-refractivity contribution in [2.75, 3.05) is 0 Å². The SMILES string of the molecule is CC(C)(C)OOB(OOC(C)(C)C)c1cncnc1. The number of aromatic nitrogens is 2. The Morgan fingerprint density at radius 2 is 1.26 bits per heavy atom. The van der Waals surface area contributed by atoms with E-state index in [1.165, 1.54) is 6.33 Å².